The minimum Gasteiger partial charge on any atom is -0.493 e. The van der Waals surface area contributed by atoms with E-state index in [-0.39, 0.29) is 11.6 Å². The van der Waals surface area contributed by atoms with Crippen molar-refractivity contribution >= 4 is 28.7 Å². The van der Waals surface area contributed by atoms with Crippen molar-refractivity contribution in [1.29, 1.82) is 5.41 Å². The van der Waals surface area contributed by atoms with Crippen molar-refractivity contribution in [3.8, 4) is 11.5 Å². The van der Waals surface area contributed by atoms with Crippen LogP contribution in [0.3, 0.4) is 0 Å². The van der Waals surface area contributed by atoms with Crippen molar-refractivity contribution < 1.29 is 14.3 Å². The highest BCUT2D eigenvalue weighted by atomic mass is 32.1. The van der Waals surface area contributed by atoms with Crippen molar-refractivity contribution in [1.82, 2.24) is 4.98 Å². The molecule has 7 heteroatoms. The summed E-state index contributed by atoms with van der Waals surface area (Å²) < 4.78 is 11.4. The Morgan fingerprint density at radius 3 is 2.48 bits per heavy atom. The van der Waals surface area contributed by atoms with Gasteiger partial charge in [-0.15, -0.1) is 11.3 Å². The lowest BCUT2D eigenvalue weighted by atomic mass is 10.0. The van der Waals surface area contributed by atoms with Gasteiger partial charge in [0.15, 0.2) is 22.3 Å². The van der Waals surface area contributed by atoms with Gasteiger partial charge >= 0.3 is 0 Å². The molecule has 0 atom stereocenters. The Bertz CT molecular complexity index is 1040. The first-order valence-electron chi connectivity index (χ1n) is 8.93. The molecule has 0 spiro atoms. The first-order valence-corrected chi connectivity index (χ1v) is 9.81. The van der Waals surface area contributed by atoms with Crippen LogP contribution >= 0.6 is 11.3 Å². The summed E-state index contributed by atoms with van der Waals surface area (Å²) in [5.74, 6) is 0.555. The number of amidine groups is 1. The van der Waals surface area contributed by atoms with Crippen molar-refractivity contribution in [2.24, 2.45) is 4.99 Å². The number of ketones is 1. The Labute approximate surface area is 173 Å². The maximum absolute atomic E-state index is 13.1. The lowest BCUT2D eigenvalue weighted by molar-refractivity contribution is 0.103. The number of carbonyl (C=O) groups is 1. The van der Waals surface area contributed by atoms with Crippen molar-refractivity contribution in [2.45, 2.75) is 20.5 Å². The van der Waals surface area contributed by atoms with Crippen LogP contribution in [0.1, 0.15) is 40.3 Å². The average molecular weight is 407 g/mol. The highest BCUT2D eigenvalue weighted by Gasteiger charge is 2.22. The standard InChI is InChI=1S/C22H21N3O3S/c1-14(2)25-21(23)17-12-18(27-3)19(28-13-15-7-5-4-6-8-15)11-16(17)20(26)22-24-9-10-29-22/h4-12,23H,13H2,1-3H3. The molecule has 3 rings (SSSR count). The van der Waals surface area contributed by atoms with Crippen LogP contribution in [0, 0.1) is 5.41 Å². The maximum Gasteiger partial charge on any atom is 0.222 e. The predicted molar refractivity (Wildman–Crippen MR) is 115 cm³/mol. The lowest BCUT2D eigenvalue weighted by Crippen LogP contribution is -2.11. The second-order valence-electron chi connectivity index (χ2n) is 6.40. The molecule has 148 valence electrons. The highest BCUT2D eigenvalue weighted by Crippen LogP contribution is 2.33. The van der Waals surface area contributed by atoms with Crippen molar-refractivity contribution in [2.75, 3.05) is 7.11 Å². The Morgan fingerprint density at radius 2 is 1.86 bits per heavy atom. The quantitative estimate of drug-likeness (QED) is 0.347. The molecule has 2 aromatic carbocycles. The molecule has 29 heavy (non-hydrogen) atoms. The summed E-state index contributed by atoms with van der Waals surface area (Å²) in [5.41, 5.74) is 2.38. The molecule has 0 saturated carbocycles. The maximum atomic E-state index is 13.1. The number of ether oxygens (including phenoxy) is 2. The van der Waals surface area contributed by atoms with Gasteiger partial charge in [0, 0.05) is 28.4 Å². The Hall–Kier alpha value is -3.32. The molecule has 3 aromatic rings. The fourth-order valence-corrected chi connectivity index (χ4v) is 3.28. The fraction of sp³-hybridized carbons (Fsp3) is 0.182. The normalized spacial score (nSPS) is 10.3. The van der Waals surface area contributed by atoms with E-state index in [0.29, 0.717) is 40.0 Å². The van der Waals surface area contributed by atoms with E-state index in [2.05, 4.69) is 9.98 Å². The largest absolute Gasteiger partial charge is 0.493 e. The number of methoxy groups -OCH3 is 1. The number of nitrogens with one attached hydrogen (secondary N) is 1. The van der Waals surface area contributed by atoms with Gasteiger partial charge in [0.1, 0.15) is 6.61 Å². The van der Waals surface area contributed by atoms with E-state index in [9.17, 15) is 4.79 Å². The van der Waals surface area contributed by atoms with Crippen LogP contribution in [0.15, 0.2) is 59.0 Å². The van der Waals surface area contributed by atoms with Gasteiger partial charge in [-0.05, 0) is 31.5 Å². The molecule has 0 saturated heterocycles. The summed E-state index contributed by atoms with van der Waals surface area (Å²) in [6, 6.07) is 12.9. The third-order valence-corrected chi connectivity index (χ3v) is 4.77. The number of aromatic nitrogens is 1. The van der Waals surface area contributed by atoms with Crippen LogP contribution in [0.5, 0.6) is 11.5 Å². The molecule has 0 aliphatic rings. The Kier molecular flexibility index (Phi) is 6.51. The summed E-state index contributed by atoms with van der Waals surface area (Å²) in [7, 11) is 1.52. The van der Waals surface area contributed by atoms with E-state index in [0.717, 1.165) is 5.56 Å². The zero-order valence-corrected chi connectivity index (χ0v) is 17.2. The predicted octanol–water partition coefficient (Wildman–Crippen LogP) is 4.77. The number of nitrogens with zero attached hydrogens (tertiary/aromatic N) is 2. The first-order chi connectivity index (χ1) is 14.0. The lowest BCUT2D eigenvalue weighted by Gasteiger charge is -2.15. The number of benzene rings is 2. The first kappa shape index (κ1) is 20.4. The minimum atomic E-state index is -0.282. The fourth-order valence-electron chi connectivity index (χ4n) is 2.69. The molecule has 0 aliphatic heterocycles. The molecule has 1 heterocycles. The molecule has 0 unspecified atom stereocenters. The van der Waals surface area contributed by atoms with E-state index in [1.165, 1.54) is 18.4 Å². The van der Waals surface area contributed by atoms with Gasteiger partial charge in [-0.25, -0.2) is 9.98 Å². The Morgan fingerprint density at radius 1 is 1.14 bits per heavy atom. The van der Waals surface area contributed by atoms with Crippen LogP contribution in [0.4, 0.5) is 0 Å². The summed E-state index contributed by atoms with van der Waals surface area (Å²) in [6.07, 6.45) is 1.58. The number of carbonyl (C=O) groups excluding carboxylic acids is 1. The number of aliphatic imine (C=N–C) groups is 1. The highest BCUT2D eigenvalue weighted by molar-refractivity contribution is 7.11. The summed E-state index contributed by atoms with van der Waals surface area (Å²) in [6.45, 7) is 3.92. The van der Waals surface area contributed by atoms with Crippen LogP contribution in [-0.4, -0.2) is 29.4 Å². The van der Waals surface area contributed by atoms with Crippen LogP contribution in [0.25, 0.3) is 0 Å². The monoisotopic (exact) mass is 407 g/mol. The molecular formula is C22H21N3O3S. The molecular weight excluding hydrogens is 386 g/mol. The molecule has 6 nitrogen and oxygen atoms in total. The smallest absolute Gasteiger partial charge is 0.222 e. The number of rotatable bonds is 7. The van der Waals surface area contributed by atoms with E-state index in [4.69, 9.17) is 14.9 Å². The van der Waals surface area contributed by atoms with E-state index in [1.54, 1.807) is 37.6 Å². The third-order valence-electron chi connectivity index (χ3n) is 4.00. The number of hydrogen-bond acceptors (Lipinski definition) is 6. The van der Waals surface area contributed by atoms with Gasteiger partial charge in [-0.3, -0.25) is 10.2 Å². The molecule has 0 fully saturated rings. The molecule has 0 amide bonds. The summed E-state index contributed by atoms with van der Waals surface area (Å²) >= 11 is 1.25. The van der Waals surface area contributed by atoms with Crippen LogP contribution in [0.2, 0.25) is 0 Å². The van der Waals surface area contributed by atoms with Crippen molar-refractivity contribution in [3.05, 3.63) is 75.7 Å². The molecule has 1 N–H and O–H groups in total. The van der Waals surface area contributed by atoms with Gasteiger partial charge in [-0.2, -0.15) is 0 Å². The summed E-state index contributed by atoms with van der Waals surface area (Å²) in [5, 5.41) is 10.4. The minimum absolute atomic E-state index is 0.0159. The van der Waals surface area contributed by atoms with Crippen LogP contribution < -0.4 is 9.47 Å². The number of thiazole rings is 1. The van der Waals surface area contributed by atoms with Gasteiger partial charge < -0.3 is 9.47 Å². The molecule has 0 radical (unpaired) electrons. The summed E-state index contributed by atoms with van der Waals surface area (Å²) in [4.78, 5) is 21.4. The SMILES string of the molecule is COc1cc(C(=N)N=C(C)C)c(C(=O)c2nccs2)cc1OCc1ccccc1. The van der Waals surface area contributed by atoms with E-state index < -0.39 is 0 Å². The molecule has 1 aromatic heterocycles. The van der Waals surface area contributed by atoms with Gasteiger partial charge in [-0.1, -0.05) is 30.3 Å². The zero-order valence-electron chi connectivity index (χ0n) is 16.4. The molecule has 0 aliphatic carbocycles. The second-order valence-corrected chi connectivity index (χ2v) is 7.29. The van der Waals surface area contributed by atoms with Crippen molar-refractivity contribution in [3.63, 3.8) is 0 Å². The average Bonchev–Trinajstić information content (AvgIpc) is 3.26. The van der Waals surface area contributed by atoms with Gasteiger partial charge in [0.25, 0.3) is 0 Å². The van der Waals surface area contributed by atoms with Gasteiger partial charge in [0.2, 0.25) is 5.78 Å². The van der Waals surface area contributed by atoms with Crippen LogP contribution in [-0.2, 0) is 6.61 Å². The second kappa shape index (κ2) is 9.25. The van der Waals surface area contributed by atoms with E-state index >= 15 is 0 Å². The van der Waals surface area contributed by atoms with Gasteiger partial charge in [0.05, 0.1) is 7.11 Å². The molecule has 0 bridgehead atoms. The zero-order chi connectivity index (χ0) is 20.8. The number of hydrogen-bond donors (Lipinski definition) is 1. The third kappa shape index (κ3) is 4.94. The Balaban J connectivity index is 2.05. The van der Waals surface area contributed by atoms with E-state index in [1.807, 2.05) is 30.3 Å². The topological polar surface area (TPSA) is 84.6 Å².